The first-order chi connectivity index (χ1) is 8.83. The molecule has 0 radical (unpaired) electrons. The molecule has 1 fully saturated rings. The van der Waals surface area contributed by atoms with Gasteiger partial charge in [0.15, 0.2) is 0 Å². The van der Waals surface area contributed by atoms with E-state index in [1.54, 1.807) is 6.08 Å². The van der Waals surface area contributed by atoms with E-state index in [2.05, 4.69) is 16.0 Å². The van der Waals surface area contributed by atoms with E-state index in [0.717, 1.165) is 31.6 Å². The normalized spacial score (nSPS) is 15.1. The molecule has 2 rings (SSSR count). The minimum atomic E-state index is 0.637. The smallest absolute Gasteiger partial charge is 0.213 e. The Balaban J connectivity index is 1.97. The Morgan fingerprint density at radius 1 is 1.44 bits per heavy atom. The first-order valence-electron chi connectivity index (χ1n) is 6.25. The van der Waals surface area contributed by atoms with Crippen LogP contribution in [0.3, 0.4) is 0 Å². The van der Waals surface area contributed by atoms with Gasteiger partial charge in [-0.05, 0) is 25.8 Å². The van der Waals surface area contributed by atoms with Crippen LogP contribution in [0.25, 0.3) is 0 Å². The van der Waals surface area contributed by atoms with Crippen molar-refractivity contribution in [3.8, 4) is 11.9 Å². The summed E-state index contributed by atoms with van der Waals surface area (Å²) in [6.07, 6.45) is 5.44. The number of hydrogen-bond acceptors (Lipinski definition) is 4. The molecular formula is C14H17N3O. The van der Waals surface area contributed by atoms with Crippen LogP contribution in [0.15, 0.2) is 30.0 Å². The molecule has 0 saturated carbocycles. The van der Waals surface area contributed by atoms with Crippen LogP contribution in [0.4, 0.5) is 5.69 Å². The van der Waals surface area contributed by atoms with Gasteiger partial charge in [0.1, 0.15) is 0 Å². The summed E-state index contributed by atoms with van der Waals surface area (Å²) in [7, 11) is 0. The Morgan fingerprint density at radius 3 is 2.78 bits per heavy atom. The summed E-state index contributed by atoms with van der Waals surface area (Å²) in [6, 6.07) is 6.05. The summed E-state index contributed by atoms with van der Waals surface area (Å²) in [4.78, 5) is 6.56. The molecule has 4 nitrogen and oxygen atoms in total. The van der Waals surface area contributed by atoms with Crippen molar-refractivity contribution in [2.24, 2.45) is 0 Å². The summed E-state index contributed by atoms with van der Waals surface area (Å²) >= 11 is 0. The fraction of sp³-hybridized carbons (Fsp3) is 0.429. The topological polar surface area (TPSA) is 49.1 Å². The van der Waals surface area contributed by atoms with Crippen LogP contribution in [0, 0.1) is 11.3 Å². The maximum absolute atomic E-state index is 8.62. The zero-order valence-electron chi connectivity index (χ0n) is 10.6. The van der Waals surface area contributed by atoms with E-state index in [-0.39, 0.29) is 0 Å². The molecule has 1 saturated heterocycles. The minimum absolute atomic E-state index is 0.637. The zero-order chi connectivity index (χ0) is 12.8. The second kappa shape index (κ2) is 6.06. The molecule has 1 aliphatic rings. The Labute approximate surface area is 108 Å². The molecular weight excluding hydrogens is 226 g/mol. The highest BCUT2D eigenvalue weighted by molar-refractivity contribution is 5.46. The van der Waals surface area contributed by atoms with Crippen molar-refractivity contribution in [3.63, 3.8) is 0 Å². The molecule has 94 valence electrons. The lowest BCUT2D eigenvalue weighted by Crippen LogP contribution is -2.30. The lowest BCUT2D eigenvalue weighted by molar-refractivity contribution is 0.327. The molecule has 0 unspecified atom stereocenters. The predicted molar refractivity (Wildman–Crippen MR) is 70.5 cm³/mol. The van der Waals surface area contributed by atoms with E-state index in [1.807, 2.05) is 25.3 Å². The largest absolute Gasteiger partial charge is 0.478 e. The summed E-state index contributed by atoms with van der Waals surface area (Å²) < 4.78 is 5.32. The number of nitriles is 1. The minimum Gasteiger partial charge on any atom is -0.478 e. The maximum atomic E-state index is 8.62. The Kier molecular flexibility index (Phi) is 4.19. The Bertz CT molecular complexity index is 449. The standard InChI is InChI=1S/C14H17N3O/c1-2-18-14-4-3-13(11-16-14)17-9-6-12(5-8-15)7-10-17/h3-5,11H,2,6-7,9-10H2,1H3. The SMILES string of the molecule is CCOc1ccc(N2CCC(=CC#N)CC2)cn1. The summed E-state index contributed by atoms with van der Waals surface area (Å²) in [6.45, 7) is 4.48. The van der Waals surface area contributed by atoms with Crippen molar-refractivity contribution in [1.29, 1.82) is 5.26 Å². The molecule has 4 heteroatoms. The third kappa shape index (κ3) is 3.01. The van der Waals surface area contributed by atoms with E-state index in [1.165, 1.54) is 5.57 Å². The van der Waals surface area contributed by atoms with E-state index in [4.69, 9.17) is 10.00 Å². The molecule has 0 atom stereocenters. The van der Waals surface area contributed by atoms with Gasteiger partial charge < -0.3 is 9.64 Å². The van der Waals surface area contributed by atoms with Gasteiger partial charge >= 0.3 is 0 Å². The van der Waals surface area contributed by atoms with Gasteiger partial charge in [0, 0.05) is 25.2 Å². The fourth-order valence-corrected chi connectivity index (χ4v) is 2.08. The number of allylic oxidation sites excluding steroid dienone is 1. The second-order valence-electron chi connectivity index (χ2n) is 4.21. The van der Waals surface area contributed by atoms with Crippen molar-refractivity contribution in [1.82, 2.24) is 4.98 Å². The van der Waals surface area contributed by atoms with Crippen molar-refractivity contribution < 1.29 is 4.74 Å². The average molecular weight is 243 g/mol. The van der Waals surface area contributed by atoms with Gasteiger partial charge in [-0.15, -0.1) is 0 Å². The second-order valence-corrected chi connectivity index (χ2v) is 4.21. The number of ether oxygens (including phenoxy) is 1. The lowest BCUT2D eigenvalue weighted by atomic mass is 10.0. The molecule has 0 aromatic carbocycles. The summed E-state index contributed by atoms with van der Waals surface area (Å²) in [5, 5.41) is 8.62. The lowest BCUT2D eigenvalue weighted by Gasteiger charge is -2.29. The number of anilines is 1. The first kappa shape index (κ1) is 12.4. The number of nitrogens with zero attached hydrogens (tertiary/aromatic N) is 3. The maximum Gasteiger partial charge on any atom is 0.213 e. The van der Waals surface area contributed by atoms with Crippen molar-refractivity contribution in [2.45, 2.75) is 19.8 Å². The van der Waals surface area contributed by atoms with Crippen LogP contribution in [-0.4, -0.2) is 24.7 Å². The van der Waals surface area contributed by atoms with E-state index >= 15 is 0 Å². The molecule has 2 heterocycles. The van der Waals surface area contributed by atoms with Crippen molar-refractivity contribution in [3.05, 3.63) is 30.0 Å². The quantitative estimate of drug-likeness (QED) is 0.765. The highest BCUT2D eigenvalue weighted by atomic mass is 16.5. The highest BCUT2D eigenvalue weighted by Crippen LogP contribution is 2.23. The molecule has 0 N–H and O–H groups in total. The Hall–Kier alpha value is -2.02. The van der Waals surface area contributed by atoms with Crippen LogP contribution in [-0.2, 0) is 0 Å². The monoisotopic (exact) mass is 243 g/mol. The van der Waals surface area contributed by atoms with Gasteiger partial charge in [0.05, 0.1) is 24.6 Å². The number of piperidine rings is 1. The van der Waals surface area contributed by atoms with Gasteiger partial charge in [-0.1, -0.05) is 5.57 Å². The average Bonchev–Trinajstić information content (AvgIpc) is 2.41. The molecule has 0 bridgehead atoms. The number of hydrogen-bond donors (Lipinski definition) is 0. The molecule has 0 aliphatic carbocycles. The fourth-order valence-electron chi connectivity index (χ4n) is 2.08. The third-order valence-electron chi connectivity index (χ3n) is 3.05. The number of rotatable bonds is 3. The molecule has 1 aliphatic heterocycles. The van der Waals surface area contributed by atoms with Crippen LogP contribution >= 0.6 is 0 Å². The third-order valence-corrected chi connectivity index (χ3v) is 3.05. The van der Waals surface area contributed by atoms with Crippen molar-refractivity contribution in [2.75, 3.05) is 24.6 Å². The summed E-state index contributed by atoms with van der Waals surface area (Å²) in [5.41, 5.74) is 2.36. The van der Waals surface area contributed by atoms with Gasteiger partial charge in [-0.3, -0.25) is 0 Å². The van der Waals surface area contributed by atoms with Gasteiger partial charge in [0.25, 0.3) is 0 Å². The molecule has 1 aromatic heterocycles. The summed E-state index contributed by atoms with van der Waals surface area (Å²) in [5.74, 6) is 0.670. The Morgan fingerprint density at radius 2 is 2.22 bits per heavy atom. The number of pyridine rings is 1. The zero-order valence-corrected chi connectivity index (χ0v) is 10.6. The van der Waals surface area contributed by atoms with Gasteiger partial charge in [0.2, 0.25) is 5.88 Å². The first-order valence-corrected chi connectivity index (χ1v) is 6.25. The van der Waals surface area contributed by atoms with E-state index in [0.29, 0.717) is 12.5 Å². The van der Waals surface area contributed by atoms with Gasteiger partial charge in [-0.2, -0.15) is 5.26 Å². The number of aromatic nitrogens is 1. The molecule has 18 heavy (non-hydrogen) atoms. The van der Waals surface area contributed by atoms with E-state index in [9.17, 15) is 0 Å². The van der Waals surface area contributed by atoms with Crippen LogP contribution in [0.1, 0.15) is 19.8 Å². The van der Waals surface area contributed by atoms with Crippen molar-refractivity contribution >= 4 is 5.69 Å². The predicted octanol–water partition coefficient (Wildman–Crippen LogP) is 2.53. The highest BCUT2D eigenvalue weighted by Gasteiger charge is 2.14. The van der Waals surface area contributed by atoms with E-state index < -0.39 is 0 Å². The molecule has 0 amide bonds. The van der Waals surface area contributed by atoms with Crippen LogP contribution in [0.2, 0.25) is 0 Å². The molecule has 0 spiro atoms. The van der Waals surface area contributed by atoms with Crippen LogP contribution < -0.4 is 9.64 Å². The van der Waals surface area contributed by atoms with Gasteiger partial charge in [-0.25, -0.2) is 4.98 Å². The van der Waals surface area contributed by atoms with Crippen LogP contribution in [0.5, 0.6) is 5.88 Å². The molecule has 1 aromatic rings.